The molecule has 4 aliphatic carbocycles. The standard InChI is InChI=1S/C24H30O6/c1-13-9-18-16-6-8-23(28,19(27)12-29-14(2)25)22(16,4)11-20-24(18,30-20)21(3)7-5-15(26)10-17(13)21/h5,7,10,13,16,18,20,28H,6,8-9,11-12H2,1-4H3/t13-,16?,18?,20-,21-,22-,23-,24+/m0/s1. The van der Waals surface area contributed by atoms with Crippen molar-refractivity contribution in [1.29, 1.82) is 0 Å². The number of Topliss-reactive ketones (excluding diaryl/α,β-unsaturated/α-hetero) is 1. The van der Waals surface area contributed by atoms with E-state index in [2.05, 4.69) is 13.8 Å². The van der Waals surface area contributed by atoms with Gasteiger partial charge in [-0.25, -0.2) is 0 Å². The Morgan fingerprint density at radius 3 is 2.73 bits per heavy atom. The Bertz CT molecular complexity index is 919. The lowest BCUT2D eigenvalue weighted by Crippen LogP contribution is -2.62. The molecule has 0 aromatic rings. The first-order chi connectivity index (χ1) is 14.0. The molecule has 1 saturated heterocycles. The highest BCUT2D eigenvalue weighted by Crippen LogP contribution is 2.76. The van der Waals surface area contributed by atoms with Crippen molar-refractivity contribution in [2.24, 2.45) is 28.6 Å². The minimum atomic E-state index is -1.51. The second kappa shape index (κ2) is 5.92. The summed E-state index contributed by atoms with van der Waals surface area (Å²) >= 11 is 0. The number of allylic oxidation sites excluding steroid dienone is 2. The molecule has 1 N–H and O–H groups in total. The van der Waals surface area contributed by atoms with Crippen LogP contribution in [0.1, 0.15) is 53.4 Å². The molecule has 0 aromatic heterocycles. The van der Waals surface area contributed by atoms with Crippen LogP contribution >= 0.6 is 0 Å². The number of hydrogen-bond donors (Lipinski definition) is 1. The van der Waals surface area contributed by atoms with Gasteiger partial charge in [-0.05, 0) is 62.5 Å². The molecule has 1 heterocycles. The van der Waals surface area contributed by atoms with Crippen LogP contribution < -0.4 is 0 Å². The summed E-state index contributed by atoms with van der Waals surface area (Å²) in [6.07, 6.45) is 8.02. The monoisotopic (exact) mass is 414 g/mol. The van der Waals surface area contributed by atoms with Crippen LogP contribution in [-0.4, -0.2) is 46.6 Å². The molecule has 1 aliphatic heterocycles. The van der Waals surface area contributed by atoms with Gasteiger partial charge >= 0.3 is 5.97 Å². The second-order valence-electron chi connectivity index (χ2n) is 10.5. The fourth-order valence-corrected chi connectivity index (χ4v) is 7.79. The van der Waals surface area contributed by atoms with E-state index in [1.807, 2.05) is 13.0 Å². The molecule has 4 fully saturated rings. The summed E-state index contributed by atoms with van der Waals surface area (Å²) in [6, 6.07) is 0. The molecular formula is C24H30O6. The van der Waals surface area contributed by atoms with Gasteiger partial charge in [0.15, 0.2) is 12.4 Å². The summed E-state index contributed by atoms with van der Waals surface area (Å²) in [5.41, 5.74) is -1.68. The summed E-state index contributed by atoms with van der Waals surface area (Å²) in [5.74, 6) is -0.326. The van der Waals surface area contributed by atoms with Crippen molar-refractivity contribution < 1.29 is 29.0 Å². The van der Waals surface area contributed by atoms with Crippen molar-refractivity contribution in [3.8, 4) is 0 Å². The molecule has 0 aromatic carbocycles. The van der Waals surface area contributed by atoms with Gasteiger partial charge in [0.05, 0.1) is 6.10 Å². The molecule has 0 radical (unpaired) electrons. The van der Waals surface area contributed by atoms with E-state index in [0.717, 1.165) is 18.4 Å². The number of ether oxygens (including phenoxy) is 2. The minimum Gasteiger partial charge on any atom is -0.458 e. The number of epoxide rings is 1. The van der Waals surface area contributed by atoms with E-state index >= 15 is 0 Å². The SMILES string of the molecule is CC(=O)OCC(=O)[C@@]1(O)CCC2C3C[C@H](C)C4=CC(=O)C=C[C@]4(C)[C@@]34O[C@H]4C[C@@]21C. The molecule has 162 valence electrons. The third-order valence-corrected chi connectivity index (χ3v) is 9.28. The first-order valence-corrected chi connectivity index (χ1v) is 11.0. The summed E-state index contributed by atoms with van der Waals surface area (Å²) in [7, 11) is 0. The van der Waals surface area contributed by atoms with Gasteiger partial charge in [0.2, 0.25) is 5.78 Å². The Hall–Kier alpha value is -1.79. The van der Waals surface area contributed by atoms with Gasteiger partial charge in [-0.2, -0.15) is 0 Å². The van der Waals surface area contributed by atoms with Crippen molar-refractivity contribution in [1.82, 2.24) is 0 Å². The fraction of sp³-hybridized carbons (Fsp3) is 0.708. The minimum absolute atomic E-state index is 0.0355. The van der Waals surface area contributed by atoms with E-state index in [9.17, 15) is 19.5 Å². The van der Waals surface area contributed by atoms with Crippen LogP contribution in [0.3, 0.4) is 0 Å². The van der Waals surface area contributed by atoms with Gasteiger partial charge in [0, 0.05) is 17.8 Å². The summed E-state index contributed by atoms with van der Waals surface area (Å²) in [5, 5.41) is 11.6. The predicted octanol–water partition coefficient (Wildman–Crippen LogP) is 2.53. The third-order valence-electron chi connectivity index (χ3n) is 9.28. The Morgan fingerprint density at radius 1 is 1.30 bits per heavy atom. The zero-order chi connectivity index (χ0) is 21.7. The number of carbonyl (C=O) groups excluding carboxylic acids is 3. The number of ketones is 2. The highest BCUT2D eigenvalue weighted by Gasteiger charge is 2.81. The van der Waals surface area contributed by atoms with Gasteiger partial charge in [-0.1, -0.05) is 25.5 Å². The molecule has 5 aliphatic rings. The normalized spacial score (nSPS) is 50.6. The van der Waals surface area contributed by atoms with E-state index in [0.29, 0.717) is 12.8 Å². The molecule has 3 saturated carbocycles. The first kappa shape index (κ1) is 20.1. The molecule has 30 heavy (non-hydrogen) atoms. The number of esters is 1. The molecule has 5 rings (SSSR count). The molecule has 2 unspecified atom stereocenters. The van der Waals surface area contributed by atoms with E-state index in [-0.39, 0.29) is 47.3 Å². The summed E-state index contributed by atoms with van der Waals surface area (Å²) in [4.78, 5) is 36.2. The molecule has 0 amide bonds. The predicted molar refractivity (Wildman–Crippen MR) is 107 cm³/mol. The molecule has 8 atom stereocenters. The zero-order valence-electron chi connectivity index (χ0n) is 18.1. The van der Waals surface area contributed by atoms with Crippen LogP contribution in [0.15, 0.2) is 23.8 Å². The van der Waals surface area contributed by atoms with Gasteiger partial charge in [0.25, 0.3) is 0 Å². The van der Waals surface area contributed by atoms with Gasteiger partial charge < -0.3 is 14.6 Å². The average molecular weight is 414 g/mol. The van der Waals surface area contributed by atoms with Crippen LogP contribution in [-0.2, 0) is 23.9 Å². The molecule has 6 nitrogen and oxygen atoms in total. The fourth-order valence-electron chi connectivity index (χ4n) is 7.79. The van der Waals surface area contributed by atoms with Gasteiger partial charge in [0.1, 0.15) is 11.2 Å². The van der Waals surface area contributed by atoms with E-state index in [1.165, 1.54) is 6.92 Å². The highest BCUT2D eigenvalue weighted by atomic mass is 16.6. The Balaban J connectivity index is 1.52. The smallest absolute Gasteiger partial charge is 0.303 e. The molecule has 0 bridgehead atoms. The van der Waals surface area contributed by atoms with Crippen LogP contribution in [0.25, 0.3) is 0 Å². The summed E-state index contributed by atoms with van der Waals surface area (Å²) in [6.45, 7) is 7.24. The van der Waals surface area contributed by atoms with E-state index in [4.69, 9.17) is 9.47 Å². The van der Waals surface area contributed by atoms with Crippen LogP contribution in [0.2, 0.25) is 0 Å². The largest absolute Gasteiger partial charge is 0.458 e. The Kier molecular flexibility index (Phi) is 3.97. The first-order valence-electron chi connectivity index (χ1n) is 11.0. The maximum Gasteiger partial charge on any atom is 0.303 e. The number of hydrogen-bond acceptors (Lipinski definition) is 6. The second-order valence-corrected chi connectivity index (χ2v) is 10.5. The zero-order valence-corrected chi connectivity index (χ0v) is 18.1. The van der Waals surface area contributed by atoms with Crippen molar-refractivity contribution in [2.75, 3.05) is 6.61 Å². The lowest BCUT2D eigenvalue weighted by atomic mass is 9.45. The number of aliphatic hydroxyl groups is 1. The molecule has 1 spiro atoms. The van der Waals surface area contributed by atoms with Crippen molar-refractivity contribution in [2.45, 2.75) is 70.7 Å². The molecular weight excluding hydrogens is 384 g/mol. The number of carbonyl (C=O) groups is 3. The van der Waals surface area contributed by atoms with Gasteiger partial charge in [-0.3, -0.25) is 14.4 Å². The quantitative estimate of drug-likeness (QED) is 0.564. The van der Waals surface area contributed by atoms with E-state index in [1.54, 1.807) is 12.2 Å². The van der Waals surface area contributed by atoms with Crippen LogP contribution in [0.4, 0.5) is 0 Å². The summed E-state index contributed by atoms with van der Waals surface area (Å²) < 4.78 is 11.4. The third kappa shape index (κ3) is 2.19. The highest BCUT2D eigenvalue weighted by molar-refractivity contribution is 6.01. The maximum absolute atomic E-state index is 13.0. The van der Waals surface area contributed by atoms with Crippen molar-refractivity contribution in [3.63, 3.8) is 0 Å². The lowest BCUT2D eigenvalue weighted by Gasteiger charge is -2.57. The van der Waals surface area contributed by atoms with Gasteiger partial charge in [-0.15, -0.1) is 0 Å². The molecule has 6 heteroatoms. The number of fused-ring (bicyclic) bond motifs is 3. The Labute approximate surface area is 176 Å². The van der Waals surface area contributed by atoms with Crippen LogP contribution in [0, 0.1) is 28.6 Å². The van der Waals surface area contributed by atoms with E-state index < -0.39 is 22.8 Å². The van der Waals surface area contributed by atoms with Crippen LogP contribution in [0.5, 0.6) is 0 Å². The number of rotatable bonds is 3. The lowest BCUT2D eigenvalue weighted by molar-refractivity contribution is -0.166. The van der Waals surface area contributed by atoms with Crippen molar-refractivity contribution >= 4 is 17.5 Å². The Morgan fingerprint density at radius 2 is 2.03 bits per heavy atom. The average Bonchev–Trinajstić information content (AvgIpc) is 3.34. The topological polar surface area (TPSA) is 93.2 Å². The van der Waals surface area contributed by atoms with Crippen molar-refractivity contribution in [3.05, 3.63) is 23.8 Å². The maximum atomic E-state index is 13.0.